The first-order chi connectivity index (χ1) is 8.52. The number of pyridine rings is 1. The van der Waals surface area contributed by atoms with E-state index in [1.54, 1.807) is 24.5 Å². The van der Waals surface area contributed by atoms with Crippen molar-refractivity contribution in [3.63, 3.8) is 0 Å². The standard InChI is InChI=1S/C12H9N3O2S/c13-8-9-1-2-12(18(14,16)17)11(7-9)10-3-5-15-6-4-10/h1-7H,(H2,14,16,17). The second-order valence-electron chi connectivity index (χ2n) is 3.60. The Morgan fingerprint density at radius 2 is 1.83 bits per heavy atom. The van der Waals surface area contributed by atoms with Crippen molar-refractivity contribution < 1.29 is 8.42 Å². The predicted octanol–water partition coefficient (Wildman–Crippen LogP) is 1.27. The van der Waals surface area contributed by atoms with Crippen LogP contribution in [0.4, 0.5) is 0 Å². The van der Waals surface area contributed by atoms with Crippen LogP contribution >= 0.6 is 0 Å². The Morgan fingerprint density at radius 1 is 1.17 bits per heavy atom. The third-order valence-corrected chi connectivity index (χ3v) is 3.38. The van der Waals surface area contributed by atoms with E-state index in [1.165, 1.54) is 18.2 Å². The highest BCUT2D eigenvalue weighted by Gasteiger charge is 2.15. The number of primary sulfonamides is 1. The first kappa shape index (κ1) is 12.2. The molecular weight excluding hydrogens is 250 g/mol. The number of nitrogens with zero attached hydrogens (tertiary/aromatic N) is 2. The summed E-state index contributed by atoms with van der Waals surface area (Å²) in [4.78, 5) is 3.85. The van der Waals surface area contributed by atoms with Crippen LogP contribution in [0, 0.1) is 11.3 Å². The summed E-state index contributed by atoms with van der Waals surface area (Å²) in [6.07, 6.45) is 3.09. The van der Waals surface area contributed by atoms with Gasteiger partial charge in [0, 0.05) is 18.0 Å². The molecule has 90 valence electrons. The number of benzene rings is 1. The molecule has 0 aliphatic heterocycles. The maximum absolute atomic E-state index is 11.5. The van der Waals surface area contributed by atoms with Crippen molar-refractivity contribution in [3.8, 4) is 17.2 Å². The molecule has 0 amide bonds. The molecule has 0 fully saturated rings. The van der Waals surface area contributed by atoms with Crippen molar-refractivity contribution in [3.05, 3.63) is 48.3 Å². The molecule has 0 aliphatic rings. The van der Waals surface area contributed by atoms with Crippen LogP contribution in [-0.4, -0.2) is 13.4 Å². The van der Waals surface area contributed by atoms with Gasteiger partial charge in [-0.25, -0.2) is 13.6 Å². The van der Waals surface area contributed by atoms with E-state index in [2.05, 4.69) is 4.98 Å². The van der Waals surface area contributed by atoms with E-state index in [0.29, 0.717) is 16.7 Å². The normalized spacial score (nSPS) is 10.9. The Labute approximate surface area is 105 Å². The molecule has 0 unspecified atom stereocenters. The van der Waals surface area contributed by atoms with Gasteiger partial charge in [0.05, 0.1) is 16.5 Å². The fraction of sp³-hybridized carbons (Fsp3) is 0. The summed E-state index contributed by atoms with van der Waals surface area (Å²) < 4.78 is 23.0. The molecule has 0 bridgehead atoms. The molecule has 0 saturated heterocycles. The molecule has 0 radical (unpaired) electrons. The average Bonchev–Trinajstić information content (AvgIpc) is 2.38. The number of hydrogen-bond acceptors (Lipinski definition) is 4. The molecule has 2 N–H and O–H groups in total. The van der Waals surface area contributed by atoms with Crippen LogP contribution in [0.3, 0.4) is 0 Å². The molecule has 1 aromatic heterocycles. The van der Waals surface area contributed by atoms with E-state index in [-0.39, 0.29) is 4.90 Å². The van der Waals surface area contributed by atoms with Crippen LogP contribution in [0.15, 0.2) is 47.6 Å². The SMILES string of the molecule is N#Cc1ccc(S(N)(=O)=O)c(-c2ccncc2)c1. The van der Waals surface area contributed by atoms with Crippen LogP contribution < -0.4 is 5.14 Å². The lowest BCUT2D eigenvalue weighted by Crippen LogP contribution is -2.13. The molecule has 5 nitrogen and oxygen atoms in total. The largest absolute Gasteiger partial charge is 0.265 e. The lowest BCUT2D eigenvalue weighted by Gasteiger charge is -2.08. The second kappa shape index (κ2) is 4.56. The van der Waals surface area contributed by atoms with Crippen molar-refractivity contribution in [2.24, 2.45) is 5.14 Å². The van der Waals surface area contributed by atoms with E-state index in [0.717, 1.165) is 0 Å². The van der Waals surface area contributed by atoms with Crippen molar-refractivity contribution in [2.45, 2.75) is 4.90 Å². The number of nitrogens with two attached hydrogens (primary N) is 1. The van der Waals surface area contributed by atoms with Gasteiger partial charge in [-0.2, -0.15) is 5.26 Å². The maximum atomic E-state index is 11.5. The van der Waals surface area contributed by atoms with Crippen LogP contribution in [0.2, 0.25) is 0 Å². The zero-order chi connectivity index (χ0) is 13.2. The Balaban J connectivity index is 2.75. The van der Waals surface area contributed by atoms with Gasteiger partial charge < -0.3 is 0 Å². The van der Waals surface area contributed by atoms with Crippen LogP contribution in [0.1, 0.15) is 5.56 Å². The Kier molecular flexibility index (Phi) is 3.10. The second-order valence-corrected chi connectivity index (χ2v) is 5.13. The van der Waals surface area contributed by atoms with Gasteiger partial charge in [0.25, 0.3) is 0 Å². The van der Waals surface area contributed by atoms with Gasteiger partial charge in [-0.05, 0) is 35.9 Å². The molecule has 0 atom stereocenters. The minimum absolute atomic E-state index is 0.00676. The Bertz CT molecular complexity index is 719. The Hall–Kier alpha value is -2.23. The first-order valence-electron chi connectivity index (χ1n) is 5.00. The number of sulfonamides is 1. The fourth-order valence-electron chi connectivity index (χ4n) is 1.60. The predicted molar refractivity (Wildman–Crippen MR) is 65.8 cm³/mol. The highest BCUT2D eigenvalue weighted by Crippen LogP contribution is 2.27. The fourth-order valence-corrected chi connectivity index (χ4v) is 2.35. The molecule has 0 spiro atoms. The summed E-state index contributed by atoms with van der Waals surface area (Å²) in [5.41, 5.74) is 1.42. The minimum atomic E-state index is -3.84. The van der Waals surface area contributed by atoms with E-state index in [1.807, 2.05) is 6.07 Å². The number of aromatic nitrogens is 1. The van der Waals surface area contributed by atoms with Crippen molar-refractivity contribution in [1.82, 2.24) is 4.98 Å². The van der Waals surface area contributed by atoms with E-state index >= 15 is 0 Å². The Morgan fingerprint density at radius 3 is 2.39 bits per heavy atom. The number of nitriles is 1. The molecule has 2 aromatic rings. The lowest BCUT2D eigenvalue weighted by molar-refractivity contribution is 0.598. The molecule has 0 saturated carbocycles. The van der Waals surface area contributed by atoms with Gasteiger partial charge in [0.1, 0.15) is 0 Å². The van der Waals surface area contributed by atoms with Gasteiger partial charge in [-0.15, -0.1) is 0 Å². The molecule has 2 rings (SSSR count). The van der Waals surface area contributed by atoms with Gasteiger partial charge in [-0.3, -0.25) is 4.98 Å². The summed E-state index contributed by atoms with van der Waals surface area (Å²) in [5.74, 6) is 0. The highest BCUT2D eigenvalue weighted by atomic mass is 32.2. The van der Waals surface area contributed by atoms with Crippen molar-refractivity contribution in [2.75, 3.05) is 0 Å². The third kappa shape index (κ3) is 2.37. The summed E-state index contributed by atoms with van der Waals surface area (Å²) in [6.45, 7) is 0. The van der Waals surface area contributed by atoms with Crippen LogP contribution in [-0.2, 0) is 10.0 Å². The smallest absolute Gasteiger partial charge is 0.238 e. The molecule has 1 aromatic carbocycles. The summed E-state index contributed by atoms with van der Waals surface area (Å²) in [6, 6.07) is 9.53. The molecule has 0 aliphatic carbocycles. The van der Waals surface area contributed by atoms with Crippen molar-refractivity contribution >= 4 is 10.0 Å². The topological polar surface area (TPSA) is 96.8 Å². The molecule has 18 heavy (non-hydrogen) atoms. The van der Waals surface area contributed by atoms with Gasteiger partial charge in [0.2, 0.25) is 10.0 Å². The van der Waals surface area contributed by atoms with E-state index < -0.39 is 10.0 Å². The van der Waals surface area contributed by atoms with Crippen molar-refractivity contribution in [1.29, 1.82) is 5.26 Å². The van der Waals surface area contributed by atoms with Crippen LogP contribution in [0.25, 0.3) is 11.1 Å². The minimum Gasteiger partial charge on any atom is -0.265 e. The quantitative estimate of drug-likeness (QED) is 0.878. The van der Waals surface area contributed by atoms with Gasteiger partial charge >= 0.3 is 0 Å². The van der Waals surface area contributed by atoms with Gasteiger partial charge in [0.15, 0.2) is 0 Å². The molecule has 1 heterocycles. The monoisotopic (exact) mass is 259 g/mol. The van der Waals surface area contributed by atoms with Crippen LogP contribution in [0.5, 0.6) is 0 Å². The third-order valence-electron chi connectivity index (χ3n) is 2.41. The summed E-state index contributed by atoms with van der Waals surface area (Å²) in [7, 11) is -3.84. The highest BCUT2D eigenvalue weighted by molar-refractivity contribution is 7.89. The van der Waals surface area contributed by atoms with E-state index in [4.69, 9.17) is 10.4 Å². The summed E-state index contributed by atoms with van der Waals surface area (Å²) in [5, 5.41) is 14.0. The van der Waals surface area contributed by atoms with E-state index in [9.17, 15) is 8.42 Å². The average molecular weight is 259 g/mol. The lowest BCUT2D eigenvalue weighted by atomic mass is 10.0. The zero-order valence-electron chi connectivity index (χ0n) is 9.24. The molecule has 6 heteroatoms. The number of rotatable bonds is 2. The van der Waals surface area contributed by atoms with Gasteiger partial charge in [-0.1, -0.05) is 0 Å². The summed E-state index contributed by atoms with van der Waals surface area (Å²) >= 11 is 0. The molecular formula is C12H9N3O2S. The first-order valence-corrected chi connectivity index (χ1v) is 6.54. The zero-order valence-corrected chi connectivity index (χ0v) is 10.1. The number of hydrogen-bond donors (Lipinski definition) is 1. The maximum Gasteiger partial charge on any atom is 0.238 e.